The van der Waals surface area contributed by atoms with E-state index in [-0.39, 0.29) is 5.78 Å². The summed E-state index contributed by atoms with van der Waals surface area (Å²) in [6, 6.07) is 12.3. The second kappa shape index (κ2) is 7.62. The molecule has 2 saturated heterocycles. The lowest BCUT2D eigenvalue weighted by Crippen LogP contribution is -2.46. The molecule has 8 heteroatoms. The molecule has 2 amide bonds. The molecule has 3 heterocycles. The Labute approximate surface area is 197 Å². The van der Waals surface area contributed by atoms with E-state index in [9.17, 15) is 19.2 Å². The number of benzene rings is 2. The lowest BCUT2D eigenvalue weighted by Gasteiger charge is -2.34. The van der Waals surface area contributed by atoms with E-state index in [1.54, 1.807) is 56.3 Å². The second-order valence-electron chi connectivity index (χ2n) is 9.84. The van der Waals surface area contributed by atoms with Crippen molar-refractivity contribution < 1.29 is 23.9 Å². The van der Waals surface area contributed by atoms with Gasteiger partial charge in [-0.25, -0.2) is 9.69 Å². The number of Topliss-reactive ketones (excluding diaryl/α,β-unsaturated/α-hetero) is 1. The summed E-state index contributed by atoms with van der Waals surface area (Å²) in [6.07, 6.45) is 1.65. The number of esters is 1. The second-order valence-corrected chi connectivity index (χ2v) is 9.84. The van der Waals surface area contributed by atoms with Crippen LogP contribution in [0.4, 0.5) is 5.69 Å². The fourth-order valence-electron chi connectivity index (χ4n) is 5.10. The van der Waals surface area contributed by atoms with Crippen LogP contribution in [-0.4, -0.2) is 46.4 Å². The largest absolute Gasteiger partial charge is 0.458 e. The zero-order valence-electron chi connectivity index (χ0n) is 19.4. The number of hydrogen-bond donors (Lipinski definition) is 0. The van der Waals surface area contributed by atoms with Gasteiger partial charge in [-0.2, -0.15) is 5.10 Å². The van der Waals surface area contributed by atoms with Gasteiger partial charge in [0.15, 0.2) is 11.8 Å². The first-order valence-electron chi connectivity index (χ1n) is 11.2. The standard InChI is InChI=1S/C26H25N3O5/c1-14(30)15-9-11-17(12-10-15)28-23(31)19-20(24(28)32)22(25(33)34-26(2,3)4)29-21(19)18-8-6-5-7-16(18)13-27-29/h5-13,19-22H,1-4H3/t19-,20+,21-,22+/m0/s1. The van der Waals surface area contributed by atoms with Gasteiger partial charge in [-0.3, -0.25) is 19.4 Å². The molecule has 0 spiro atoms. The molecule has 8 nitrogen and oxygen atoms in total. The van der Waals surface area contributed by atoms with Crippen molar-refractivity contribution in [3.8, 4) is 0 Å². The molecule has 3 aliphatic rings. The van der Waals surface area contributed by atoms with Gasteiger partial charge in [-0.1, -0.05) is 24.3 Å². The molecule has 0 N–H and O–H groups in total. The molecule has 0 aromatic heterocycles. The number of imide groups is 1. The predicted molar refractivity (Wildman–Crippen MR) is 124 cm³/mol. The topological polar surface area (TPSA) is 96.4 Å². The maximum absolute atomic E-state index is 13.7. The van der Waals surface area contributed by atoms with Crippen LogP contribution in [0.25, 0.3) is 0 Å². The van der Waals surface area contributed by atoms with Gasteiger partial charge >= 0.3 is 5.97 Å². The molecular formula is C26H25N3O5. The molecule has 174 valence electrons. The fraction of sp³-hybridized carbons (Fsp3) is 0.346. The van der Waals surface area contributed by atoms with Crippen molar-refractivity contribution in [1.82, 2.24) is 5.01 Å². The molecule has 0 saturated carbocycles. The summed E-state index contributed by atoms with van der Waals surface area (Å²) in [5.41, 5.74) is 1.77. The van der Waals surface area contributed by atoms with Crippen molar-refractivity contribution in [3.63, 3.8) is 0 Å². The molecule has 3 aliphatic heterocycles. The Morgan fingerprint density at radius 3 is 2.24 bits per heavy atom. The number of ketones is 1. The molecule has 0 unspecified atom stereocenters. The van der Waals surface area contributed by atoms with Crippen LogP contribution in [-0.2, 0) is 19.1 Å². The van der Waals surface area contributed by atoms with E-state index in [1.807, 2.05) is 24.3 Å². The zero-order valence-corrected chi connectivity index (χ0v) is 19.4. The number of carbonyl (C=O) groups excluding carboxylic acids is 4. The summed E-state index contributed by atoms with van der Waals surface area (Å²) in [7, 11) is 0. The van der Waals surface area contributed by atoms with Crippen LogP contribution in [0.15, 0.2) is 53.6 Å². The van der Waals surface area contributed by atoms with Gasteiger partial charge in [0, 0.05) is 5.56 Å². The maximum Gasteiger partial charge on any atom is 0.331 e. The SMILES string of the molecule is CC(=O)c1ccc(N2C(=O)[C@@H]3[C@H](C2=O)[C@@H]2c4ccccc4C=NN2[C@H]3C(=O)OC(C)(C)C)cc1. The fourth-order valence-corrected chi connectivity index (χ4v) is 5.10. The highest BCUT2D eigenvalue weighted by Gasteiger charge is 2.66. The van der Waals surface area contributed by atoms with Gasteiger partial charge in [0.05, 0.1) is 29.8 Å². The van der Waals surface area contributed by atoms with E-state index >= 15 is 0 Å². The van der Waals surface area contributed by atoms with Crippen LogP contribution < -0.4 is 4.90 Å². The Hall–Kier alpha value is -3.81. The number of amides is 2. The number of hydrazone groups is 1. The highest BCUT2D eigenvalue weighted by molar-refractivity contribution is 6.24. The number of fused-ring (bicyclic) bond motifs is 5. The molecule has 0 aliphatic carbocycles. The van der Waals surface area contributed by atoms with E-state index in [1.165, 1.54) is 6.92 Å². The summed E-state index contributed by atoms with van der Waals surface area (Å²) in [4.78, 5) is 53.6. The number of nitrogens with zero attached hydrogens (tertiary/aromatic N) is 3. The summed E-state index contributed by atoms with van der Waals surface area (Å²) < 4.78 is 5.66. The first kappa shape index (κ1) is 22.0. The first-order valence-corrected chi connectivity index (χ1v) is 11.2. The smallest absolute Gasteiger partial charge is 0.331 e. The summed E-state index contributed by atoms with van der Waals surface area (Å²) in [5.74, 6) is -3.29. The molecule has 2 aromatic carbocycles. The normalized spacial score (nSPS) is 25.2. The predicted octanol–water partition coefficient (Wildman–Crippen LogP) is 3.11. The Balaban J connectivity index is 1.60. The summed E-state index contributed by atoms with van der Waals surface area (Å²) >= 11 is 0. The highest BCUT2D eigenvalue weighted by atomic mass is 16.6. The van der Waals surface area contributed by atoms with E-state index in [2.05, 4.69) is 5.10 Å². The van der Waals surface area contributed by atoms with E-state index in [4.69, 9.17) is 4.74 Å². The van der Waals surface area contributed by atoms with Gasteiger partial charge in [0.1, 0.15) is 5.60 Å². The van der Waals surface area contributed by atoms with Gasteiger partial charge in [0.2, 0.25) is 11.8 Å². The van der Waals surface area contributed by atoms with Gasteiger partial charge in [0.25, 0.3) is 0 Å². The Bertz CT molecular complexity index is 1240. The van der Waals surface area contributed by atoms with E-state index < -0.39 is 47.3 Å². The quantitative estimate of drug-likeness (QED) is 0.398. The van der Waals surface area contributed by atoms with Crippen LogP contribution in [0.3, 0.4) is 0 Å². The monoisotopic (exact) mass is 459 g/mol. The van der Waals surface area contributed by atoms with Crippen molar-refractivity contribution in [2.75, 3.05) is 4.90 Å². The van der Waals surface area contributed by atoms with Gasteiger partial charge in [-0.15, -0.1) is 0 Å². The highest BCUT2D eigenvalue weighted by Crippen LogP contribution is 2.52. The Kier molecular flexibility index (Phi) is 4.93. The summed E-state index contributed by atoms with van der Waals surface area (Å²) in [6.45, 7) is 6.73. The van der Waals surface area contributed by atoms with Crippen molar-refractivity contribution in [3.05, 3.63) is 65.2 Å². The lowest BCUT2D eigenvalue weighted by atomic mass is 9.85. The van der Waals surface area contributed by atoms with Crippen LogP contribution in [0.2, 0.25) is 0 Å². The third kappa shape index (κ3) is 3.32. The van der Waals surface area contributed by atoms with Crippen LogP contribution in [0, 0.1) is 11.8 Å². The number of anilines is 1. The zero-order chi connectivity index (χ0) is 24.4. The molecule has 0 radical (unpaired) electrons. The molecule has 34 heavy (non-hydrogen) atoms. The van der Waals surface area contributed by atoms with Crippen molar-refractivity contribution in [2.45, 2.75) is 45.4 Å². The third-order valence-electron chi connectivity index (χ3n) is 6.47. The maximum atomic E-state index is 13.7. The van der Waals surface area contributed by atoms with E-state index in [0.29, 0.717) is 11.3 Å². The van der Waals surface area contributed by atoms with Gasteiger partial charge in [-0.05, 0) is 63.1 Å². The average Bonchev–Trinajstić information content (AvgIpc) is 3.25. The minimum absolute atomic E-state index is 0.111. The van der Waals surface area contributed by atoms with Crippen molar-refractivity contribution in [1.29, 1.82) is 0 Å². The Morgan fingerprint density at radius 1 is 0.941 bits per heavy atom. The minimum Gasteiger partial charge on any atom is -0.458 e. The van der Waals surface area contributed by atoms with Crippen LogP contribution in [0.1, 0.15) is 55.2 Å². The number of hydrogen-bond acceptors (Lipinski definition) is 7. The van der Waals surface area contributed by atoms with Crippen molar-refractivity contribution >= 4 is 35.5 Å². The minimum atomic E-state index is -1.03. The number of carbonyl (C=O) groups is 4. The van der Waals surface area contributed by atoms with Crippen molar-refractivity contribution in [2.24, 2.45) is 16.9 Å². The summed E-state index contributed by atoms with van der Waals surface area (Å²) in [5, 5.41) is 6.06. The molecule has 2 aromatic rings. The average molecular weight is 460 g/mol. The lowest BCUT2D eigenvalue weighted by molar-refractivity contribution is -0.163. The Morgan fingerprint density at radius 2 is 1.59 bits per heavy atom. The van der Waals surface area contributed by atoms with Crippen LogP contribution >= 0.6 is 0 Å². The third-order valence-corrected chi connectivity index (χ3v) is 6.47. The number of ether oxygens (including phenoxy) is 1. The molecular weight excluding hydrogens is 434 g/mol. The van der Waals surface area contributed by atoms with Gasteiger partial charge < -0.3 is 4.74 Å². The molecule has 2 fully saturated rings. The van der Waals surface area contributed by atoms with Crippen LogP contribution in [0.5, 0.6) is 0 Å². The molecule has 5 rings (SSSR count). The molecule has 4 atom stereocenters. The number of rotatable bonds is 3. The van der Waals surface area contributed by atoms with E-state index in [0.717, 1.165) is 16.0 Å². The molecule has 0 bridgehead atoms. The first-order chi connectivity index (χ1) is 16.1.